The van der Waals surface area contributed by atoms with E-state index in [9.17, 15) is 0 Å². The molecule has 9 nitrogen and oxygen atoms in total. The summed E-state index contributed by atoms with van der Waals surface area (Å²) in [7, 11) is 3.30. The van der Waals surface area contributed by atoms with E-state index in [-0.39, 0.29) is 36.1 Å². The Morgan fingerprint density at radius 3 is 2.87 bits per heavy atom. The van der Waals surface area contributed by atoms with Gasteiger partial charge in [0.15, 0.2) is 11.8 Å². The Bertz CT molecular complexity index is 844. The molecule has 0 saturated heterocycles. The molecule has 0 amide bonds. The fraction of sp³-hybridized carbons (Fsp3) is 0.571. The molecule has 172 valence electrons. The van der Waals surface area contributed by atoms with Gasteiger partial charge in [-0.15, -0.1) is 24.0 Å². The number of nitrogens with zero attached hydrogens (tertiary/aromatic N) is 4. The highest BCUT2D eigenvalue weighted by atomic mass is 127. The zero-order valence-electron chi connectivity index (χ0n) is 18.6. The number of aryl methyl sites for hydroxylation is 1. The molecule has 0 aliphatic carbocycles. The molecule has 2 atom stereocenters. The van der Waals surface area contributed by atoms with Gasteiger partial charge in [0, 0.05) is 32.2 Å². The molecular weight excluding hydrogens is 511 g/mol. The van der Waals surface area contributed by atoms with E-state index in [4.69, 9.17) is 19.2 Å². The fourth-order valence-electron chi connectivity index (χ4n) is 3.35. The van der Waals surface area contributed by atoms with Gasteiger partial charge in [-0.25, -0.2) is 14.7 Å². The maximum absolute atomic E-state index is 5.97. The second-order valence-electron chi connectivity index (χ2n) is 7.27. The van der Waals surface area contributed by atoms with E-state index in [0.29, 0.717) is 13.2 Å². The van der Waals surface area contributed by atoms with Gasteiger partial charge < -0.3 is 24.8 Å². The molecule has 2 heterocycles. The van der Waals surface area contributed by atoms with Gasteiger partial charge in [-0.05, 0) is 32.4 Å². The Morgan fingerprint density at radius 1 is 1.32 bits per heavy atom. The molecule has 1 aliphatic heterocycles. The summed E-state index contributed by atoms with van der Waals surface area (Å²) in [6, 6.07) is 7.84. The number of aromatic nitrogens is 3. The summed E-state index contributed by atoms with van der Waals surface area (Å²) in [6.45, 7) is 6.58. The van der Waals surface area contributed by atoms with Gasteiger partial charge in [-0.2, -0.15) is 5.10 Å². The Morgan fingerprint density at radius 2 is 2.13 bits per heavy atom. The highest BCUT2D eigenvalue weighted by Gasteiger charge is 2.22. The zero-order valence-corrected chi connectivity index (χ0v) is 21.0. The Kier molecular flexibility index (Phi) is 10.3. The van der Waals surface area contributed by atoms with Crippen molar-refractivity contribution >= 4 is 29.9 Å². The molecule has 2 unspecified atom stereocenters. The number of guanidine groups is 1. The minimum absolute atomic E-state index is 0. The fourth-order valence-corrected chi connectivity index (χ4v) is 3.35. The number of ether oxygens (including phenoxy) is 3. The molecule has 2 N–H and O–H groups in total. The van der Waals surface area contributed by atoms with Crippen LogP contribution in [0.15, 0.2) is 29.3 Å². The first-order valence-corrected chi connectivity index (χ1v) is 10.4. The number of hydrogen-bond acceptors (Lipinski definition) is 6. The van der Waals surface area contributed by atoms with Crippen molar-refractivity contribution in [3.05, 3.63) is 35.9 Å². The van der Waals surface area contributed by atoms with Gasteiger partial charge in [0.25, 0.3) is 0 Å². The van der Waals surface area contributed by atoms with Crippen LogP contribution < -0.4 is 20.1 Å². The van der Waals surface area contributed by atoms with Gasteiger partial charge >= 0.3 is 0 Å². The van der Waals surface area contributed by atoms with Crippen LogP contribution in [0.4, 0.5) is 0 Å². The quantitative estimate of drug-likeness (QED) is 0.285. The van der Waals surface area contributed by atoms with Gasteiger partial charge in [-0.3, -0.25) is 0 Å². The SMILES string of the molecule is CCNC(=NCC(C)Oc1cccc(OC)c1)NC1CCc2nc(COC)nn2C1.I. The standard InChI is InChI=1S/C21H32N6O3.HI/c1-5-22-21(23-12-15(2)30-18-8-6-7-17(11-18)29-4)24-16-9-10-20-25-19(14-28-3)26-27(20)13-16;/h6-8,11,15-16H,5,9-10,12-14H2,1-4H3,(H2,22,23,24);1H. The van der Waals surface area contributed by atoms with Gasteiger partial charge in [-0.1, -0.05) is 6.07 Å². The largest absolute Gasteiger partial charge is 0.497 e. The highest BCUT2D eigenvalue weighted by Crippen LogP contribution is 2.20. The van der Waals surface area contributed by atoms with Crippen molar-refractivity contribution in [2.75, 3.05) is 27.3 Å². The molecule has 1 aliphatic rings. The molecule has 3 rings (SSSR count). The first-order chi connectivity index (χ1) is 14.6. The van der Waals surface area contributed by atoms with Gasteiger partial charge in [0.1, 0.15) is 30.0 Å². The van der Waals surface area contributed by atoms with E-state index >= 15 is 0 Å². The number of methoxy groups -OCH3 is 2. The monoisotopic (exact) mass is 544 g/mol. The number of nitrogens with one attached hydrogen (secondary N) is 2. The van der Waals surface area contributed by atoms with Crippen LogP contribution in [0.2, 0.25) is 0 Å². The first-order valence-electron chi connectivity index (χ1n) is 10.4. The van der Waals surface area contributed by atoms with Crippen molar-refractivity contribution in [2.24, 2.45) is 4.99 Å². The Hall–Kier alpha value is -2.08. The van der Waals surface area contributed by atoms with Crippen LogP contribution >= 0.6 is 24.0 Å². The lowest BCUT2D eigenvalue weighted by Crippen LogP contribution is -2.47. The second kappa shape index (κ2) is 12.7. The highest BCUT2D eigenvalue weighted by molar-refractivity contribution is 14.0. The van der Waals surface area contributed by atoms with E-state index < -0.39 is 0 Å². The number of halogens is 1. The summed E-state index contributed by atoms with van der Waals surface area (Å²) in [4.78, 5) is 9.24. The molecule has 0 radical (unpaired) electrons. The Labute approximate surface area is 201 Å². The lowest BCUT2D eigenvalue weighted by molar-refractivity contribution is 0.177. The third-order valence-corrected chi connectivity index (χ3v) is 4.75. The third-order valence-electron chi connectivity index (χ3n) is 4.75. The Balaban J connectivity index is 0.00000341. The minimum Gasteiger partial charge on any atom is -0.497 e. The molecule has 0 fully saturated rings. The molecule has 10 heteroatoms. The summed E-state index contributed by atoms with van der Waals surface area (Å²) >= 11 is 0. The number of fused-ring (bicyclic) bond motifs is 1. The van der Waals surface area contributed by atoms with Crippen LogP contribution in [0.3, 0.4) is 0 Å². The second-order valence-corrected chi connectivity index (χ2v) is 7.27. The molecule has 2 aromatic rings. The predicted octanol–water partition coefficient (Wildman–Crippen LogP) is 2.39. The molecular formula is C21H33IN6O3. The zero-order chi connectivity index (χ0) is 21.3. The van der Waals surface area contributed by atoms with Gasteiger partial charge in [0.05, 0.1) is 20.2 Å². The smallest absolute Gasteiger partial charge is 0.191 e. The average Bonchev–Trinajstić information content (AvgIpc) is 3.14. The van der Waals surface area contributed by atoms with E-state index in [1.54, 1.807) is 14.2 Å². The van der Waals surface area contributed by atoms with E-state index in [1.165, 1.54) is 0 Å². The average molecular weight is 544 g/mol. The number of aliphatic imine (C=N–C) groups is 1. The summed E-state index contributed by atoms with van der Waals surface area (Å²) in [5.74, 6) is 4.08. The predicted molar refractivity (Wildman–Crippen MR) is 130 cm³/mol. The van der Waals surface area contributed by atoms with Crippen molar-refractivity contribution in [1.29, 1.82) is 0 Å². The van der Waals surface area contributed by atoms with Crippen molar-refractivity contribution < 1.29 is 14.2 Å². The topological polar surface area (TPSA) is 94.8 Å². The third kappa shape index (κ3) is 7.53. The van der Waals surface area contributed by atoms with Crippen LogP contribution in [0, 0.1) is 0 Å². The lowest BCUT2D eigenvalue weighted by Gasteiger charge is -2.25. The summed E-state index contributed by atoms with van der Waals surface area (Å²) in [5.41, 5.74) is 0. The molecule has 0 spiro atoms. The lowest BCUT2D eigenvalue weighted by atomic mass is 10.1. The molecule has 1 aromatic carbocycles. The van der Waals surface area contributed by atoms with E-state index in [0.717, 1.165) is 55.0 Å². The minimum atomic E-state index is -0.0718. The number of rotatable bonds is 9. The van der Waals surface area contributed by atoms with E-state index in [2.05, 4.69) is 27.6 Å². The maximum atomic E-state index is 5.97. The van der Waals surface area contributed by atoms with Crippen LogP contribution in [-0.2, 0) is 24.3 Å². The van der Waals surface area contributed by atoms with Crippen LogP contribution in [-0.4, -0.2) is 60.2 Å². The summed E-state index contributed by atoms with van der Waals surface area (Å²) in [5, 5.41) is 11.4. The number of hydrogen-bond donors (Lipinski definition) is 2. The van der Waals surface area contributed by atoms with Crippen molar-refractivity contribution in [1.82, 2.24) is 25.4 Å². The molecule has 0 bridgehead atoms. The summed E-state index contributed by atoms with van der Waals surface area (Å²) < 4.78 is 18.3. The summed E-state index contributed by atoms with van der Waals surface area (Å²) in [6.07, 6.45) is 1.78. The van der Waals surface area contributed by atoms with Crippen LogP contribution in [0.25, 0.3) is 0 Å². The molecule has 31 heavy (non-hydrogen) atoms. The molecule has 0 saturated carbocycles. The number of benzene rings is 1. The van der Waals surface area contributed by atoms with Crippen LogP contribution in [0.5, 0.6) is 11.5 Å². The van der Waals surface area contributed by atoms with E-state index in [1.807, 2.05) is 35.9 Å². The molecule has 1 aromatic heterocycles. The van der Waals surface area contributed by atoms with Crippen molar-refractivity contribution in [3.63, 3.8) is 0 Å². The maximum Gasteiger partial charge on any atom is 0.191 e. The first kappa shape index (κ1) is 25.2. The van der Waals surface area contributed by atoms with Crippen molar-refractivity contribution in [2.45, 2.75) is 52.0 Å². The van der Waals surface area contributed by atoms with Crippen molar-refractivity contribution in [3.8, 4) is 11.5 Å². The van der Waals surface area contributed by atoms with Crippen LogP contribution in [0.1, 0.15) is 31.9 Å². The normalized spacial score (nSPS) is 16.6. The van der Waals surface area contributed by atoms with Gasteiger partial charge in [0.2, 0.25) is 0 Å².